The van der Waals surface area contributed by atoms with Gasteiger partial charge in [0.05, 0.1) is 13.2 Å². The van der Waals surface area contributed by atoms with Gasteiger partial charge in [-0.15, -0.1) is 0 Å². The topological polar surface area (TPSA) is 41.6 Å². The van der Waals surface area contributed by atoms with Crippen LogP contribution in [0.4, 0.5) is 0 Å². The molecule has 2 saturated heterocycles. The maximum Gasteiger partial charge on any atom is 0.226 e. The zero-order chi connectivity index (χ0) is 15.9. The first-order valence-electron chi connectivity index (χ1n) is 8.55. The number of halogens is 1. The third-order valence-electron chi connectivity index (χ3n) is 5.72. The average Bonchev–Trinajstić information content (AvgIpc) is 3.28. The number of carbonyl (C=O) groups is 1. The van der Waals surface area contributed by atoms with Crippen LogP contribution in [0, 0.1) is 11.3 Å². The summed E-state index contributed by atoms with van der Waals surface area (Å²) in [7, 11) is 0. The van der Waals surface area contributed by atoms with Gasteiger partial charge in [-0.25, -0.2) is 0 Å². The number of hydrogen-bond donors (Lipinski definition) is 1. The minimum atomic E-state index is -0.0222. The molecular weight excluding hydrogens is 356 g/mol. The summed E-state index contributed by atoms with van der Waals surface area (Å²) in [6, 6.07) is 8.14. The van der Waals surface area contributed by atoms with Gasteiger partial charge in [-0.1, -0.05) is 34.1 Å². The molecule has 1 aromatic carbocycles. The Hall–Kier alpha value is -0.910. The molecule has 0 unspecified atom stereocenters. The van der Waals surface area contributed by atoms with Gasteiger partial charge in [-0.3, -0.25) is 4.79 Å². The Kier molecular flexibility index (Phi) is 4.20. The summed E-state index contributed by atoms with van der Waals surface area (Å²) in [5.74, 6) is 0.606. The lowest BCUT2D eigenvalue weighted by Crippen LogP contribution is -2.44. The normalized spacial score (nSPS) is 29.5. The molecule has 2 heterocycles. The third kappa shape index (κ3) is 2.94. The molecule has 0 bridgehead atoms. The summed E-state index contributed by atoms with van der Waals surface area (Å²) in [5, 5.41) is 3.40. The third-order valence-corrected chi connectivity index (χ3v) is 6.44. The maximum absolute atomic E-state index is 12.9. The lowest BCUT2D eigenvalue weighted by Gasteiger charge is -2.34. The summed E-state index contributed by atoms with van der Waals surface area (Å²) >= 11 is 3.60. The van der Waals surface area contributed by atoms with E-state index in [1.807, 2.05) is 23.1 Å². The Balaban J connectivity index is 1.44. The van der Waals surface area contributed by atoms with E-state index in [1.54, 1.807) is 0 Å². The Bertz CT molecular complexity index is 600. The number of benzene rings is 1. The quantitative estimate of drug-likeness (QED) is 0.859. The average molecular weight is 379 g/mol. The molecule has 4 rings (SSSR count). The number of hydrogen-bond acceptors (Lipinski definition) is 3. The highest BCUT2D eigenvalue weighted by Gasteiger charge is 2.58. The van der Waals surface area contributed by atoms with Crippen molar-refractivity contribution in [2.45, 2.75) is 25.4 Å². The van der Waals surface area contributed by atoms with Crippen LogP contribution in [-0.4, -0.2) is 43.6 Å². The van der Waals surface area contributed by atoms with Crippen LogP contribution in [0.15, 0.2) is 28.7 Å². The molecule has 5 heteroatoms. The Labute approximate surface area is 145 Å². The Morgan fingerprint density at radius 3 is 2.87 bits per heavy atom. The van der Waals surface area contributed by atoms with Gasteiger partial charge >= 0.3 is 0 Å². The van der Waals surface area contributed by atoms with Crippen molar-refractivity contribution in [1.29, 1.82) is 0 Å². The van der Waals surface area contributed by atoms with Crippen molar-refractivity contribution in [3.05, 3.63) is 34.3 Å². The largest absolute Gasteiger partial charge is 0.370 e. The van der Waals surface area contributed by atoms with E-state index < -0.39 is 0 Å². The number of carbonyl (C=O) groups excluding carboxylic acids is 1. The second-order valence-corrected chi connectivity index (χ2v) is 7.89. The van der Waals surface area contributed by atoms with E-state index in [0.717, 1.165) is 48.9 Å². The fourth-order valence-corrected chi connectivity index (χ4v) is 4.71. The summed E-state index contributed by atoms with van der Waals surface area (Å²) in [4.78, 5) is 15.0. The first kappa shape index (κ1) is 15.6. The van der Waals surface area contributed by atoms with Crippen LogP contribution in [0.5, 0.6) is 0 Å². The van der Waals surface area contributed by atoms with E-state index in [1.165, 1.54) is 0 Å². The number of morpholine rings is 1. The van der Waals surface area contributed by atoms with Crippen LogP contribution >= 0.6 is 15.9 Å². The molecule has 0 radical (unpaired) electrons. The van der Waals surface area contributed by atoms with Crippen molar-refractivity contribution in [1.82, 2.24) is 10.2 Å². The molecule has 1 saturated carbocycles. The number of rotatable bonds is 2. The smallest absolute Gasteiger partial charge is 0.226 e. The molecule has 1 N–H and O–H groups in total. The summed E-state index contributed by atoms with van der Waals surface area (Å²) in [6.45, 7) is 4.15. The molecular formula is C18H23BrN2O2. The van der Waals surface area contributed by atoms with Crippen molar-refractivity contribution < 1.29 is 9.53 Å². The maximum atomic E-state index is 12.9. The molecule has 0 aromatic heterocycles. The molecule has 3 aliphatic rings. The second-order valence-electron chi connectivity index (χ2n) is 7.03. The molecule has 23 heavy (non-hydrogen) atoms. The zero-order valence-corrected chi connectivity index (χ0v) is 14.8. The second kappa shape index (κ2) is 6.19. The van der Waals surface area contributed by atoms with Crippen LogP contribution in [0.1, 0.15) is 30.9 Å². The van der Waals surface area contributed by atoms with Crippen LogP contribution in [0.3, 0.4) is 0 Å². The summed E-state index contributed by atoms with van der Waals surface area (Å²) < 4.78 is 6.98. The zero-order valence-electron chi connectivity index (χ0n) is 13.3. The van der Waals surface area contributed by atoms with Crippen molar-refractivity contribution in [2.24, 2.45) is 11.3 Å². The van der Waals surface area contributed by atoms with Gasteiger partial charge in [0.25, 0.3) is 0 Å². The Morgan fingerprint density at radius 1 is 1.30 bits per heavy atom. The molecule has 1 aromatic rings. The minimum Gasteiger partial charge on any atom is -0.370 e. The lowest BCUT2D eigenvalue weighted by molar-refractivity contribution is -0.141. The van der Waals surface area contributed by atoms with E-state index >= 15 is 0 Å². The molecule has 124 valence electrons. The molecule has 1 aliphatic carbocycles. The predicted molar refractivity (Wildman–Crippen MR) is 92.1 cm³/mol. The van der Waals surface area contributed by atoms with E-state index in [9.17, 15) is 4.79 Å². The van der Waals surface area contributed by atoms with Crippen LogP contribution in [-0.2, 0) is 9.53 Å². The molecule has 4 nitrogen and oxygen atoms in total. The fraction of sp³-hybridized carbons (Fsp3) is 0.611. The predicted octanol–water partition coefficient (Wildman–Crippen LogP) is 2.74. The van der Waals surface area contributed by atoms with Crippen LogP contribution in [0.2, 0.25) is 0 Å². The van der Waals surface area contributed by atoms with Gasteiger partial charge in [0, 0.05) is 16.9 Å². The lowest BCUT2D eigenvalue weighted by atomic mass is 9.91. The fourth-order valence-electron chi connectivity index (χ4n) is 4.17. The minimum absolute atomic E-state index is 0.0222. The summed E-state index contributed by atoms with van der Waals surface area (Å²) in [6.07, 6.45) is 3.37. The van der Waals surface area contributed by atoms with E-state index in [0.29, 0.717) is 24.5 Å². The van der Waals surface area contributed by atoms with E-state index in [2.05, 4.69) is 27.3 Å². The monoisotopic (exact) mass is 378 g/mol. The van der Waals surface area contributed by atoms with Gasteiger partial charge in [-0.2, -0.15) is 0 Å². The summed E-state index contributed by atoms with van der Waals surface area (Å²) in [5.41, 5.74) is 1.45. The first-order valence-corrected chi connectivity index (χ1v) is 9.34. The molecule has 2 aliphatic heterocycles. The van der Waals surface area contributed by atoms with E-state index in [-0.39, 0.29) is 12.0 Å². The van der Waals surface area contributed by atoms with Gasteiger partial charge in [0.15, 0.2) is 0 Å². The SMILES string of the molecule is O=C([C@H]1CC12CCNCC2)N1CCO[C@@H](c2ccccc2Br)C1. The first-order chi connectivity index (χ1) is 11.2. The highest BCUT2D eigenvalue weighted by Crippen LogP contribution is 2.59. The van der Waals surface area contributed by atoms with Gasteiger partial charge in [-0.05, 0) is 49.4 Å². The van der Waals surface area contributed by atoms with Crippen molar-refractivity contribution in [3.63, 3.8) is 0 Å². The van der Waals surface area contributed by atoms with Crippen molar-refractivity contribution >= 4 is 21.8 Å². The van der Waals surface area contributed by atoms with E-state index in [4.69, 9.17) is 4.74 Å². The highest BCUT2D eigenvalue weighted by molar-refractivity contribution is 9.10. The Morgan fingerprint density at radius 2 is 2.09 bits per heavy atom. The number of ether oxygens (including phenoxy) is 1. The van der Waals surface area contributed by atoms with Crippen LogP contribution in [0.25, 0.3) is 0 Å². The van der Waals surface area contributed by atoms with Crippen molar-refractivity contribution in [2.75, 3.05) is 32.8 Å². The number of piperidine rings is 1. The molecule has 1 spiro atoms. The van der Waals surface area contributed by atoms with Crippen LogP contribution < -0.4 is 5.32 Å². The van der Waals surface area contributed by atoms with Gasteiger partial charge in [0.2, 0.25) is 5.91 Å². The number of nitrogens with one attached hydrogen (secondary N) is 1. The standard InChI is InChI=1S/C18H23BrN2O2/c19-15-4-2-1-3-13(15)16-12-21(9-10-23-16)17(22)14-11-18(14)5-7-20-8-6-18/h1-4,14,16,20H,5-12H2/t14-,16-/m1/s1. The van der Waals surface area contributed by atoms with Gasteiger partial charge < -0.3 is 15.0 Å². The van der Waals surface area contributed by atoms with Gasteiger partial charge in [0.1, 0.15) is 6.10 Å². The molecule has 1 amide bonds. The highest BCUT2D eigenvalue weighted by atomic mass is 79.9. The number of amides is 1. The molecule has 2 atom stereocenters. The van der Waals surface area contributed by atoms with Crippen molar-refractivity contribution in [3.8, 4) is 0 Å². The molecule has 3 fully saturated rings. The number of nitrogens with zero attached hydrogens (tertiary/aromatic N) is 1.